The fourth-order valence-corrected chi connectivity index (χ4v) is 2.36. The number of nitrogens with zero attached hydrogens (tertiary/aromatic N) is 2. The molecular weight excluding hydrogens is 282 g/mol. The summed E-state index contributed by atoms with van der Waals surface area (Å²) in [7, 11) is 0. The summed E-state index contributed by atoms with van der Waals surface area (Å²) in [5.41, 5.74) is 0.822. The van der Waals surface area contributed by atoms with Gasteiger partial charge in [0, 0.05) is 10.6 Å². The standard InChI is InChI=1S/C13H14ClN3O3/c14-10-3-1-9(2-4-10)13(5-12-15-8-16-17-12)19-7-11(6-18)20-13/h1-4,8,11,18H,5-7H2,(H,15,16,17). The number of benzene rings is 1. The van der Waals surface area contributed by atoms with Gasteiger partial charge in [0.05, 0.1) is 19.6 Å². The molecule has 2 atom stereocenters. The molecule has 1 aromatic heterocycles. The van der Waals surface area contributed by atoms with E-state index in [0.717, 1.165) is 5.56 Å². The van der Waals surface area contributed by atoms with E-state index in [-0.39, 0.29) is 12.7 Å². The topological polar surface area (TPSA) is 80.3 Å². The minimum absolute atomic E-state index is 0.0939. The lowest BCUT2D eigenvalue weighted by Crippen LogP contribution is -2.32. The number of ether oxygens (including phenoxy) is 2. The predicted molar refractivity (Wildman–Crippen MR) is 71.1 cm³/mol. The van der Waals surface area contributed by atoms with Crippen LogP contribution in [-0.2, 0) is 21.7 Å². The minimum Gasteiger partial charge on any atom is -0.394 e. The van der Waals surface area contributed by atoms with Crippen LogP contribution in [0.5, 0.6) is 0 Å². The summed E-state index contributed by atoms with van der Waals surface area (Å²) in [5, 5.41) is 16.6. The summed E-state index contributed by atoms with van der Waals surface area (Å²) in [4.78, 5) is 4.10. The zero-order valence-electron chi connectivity index (χ0n) is 10.6. The van der Waals surface area contributed by atoms with Gasteiger partial charge < -0.3 is 14.6 Å². The molecule has 0 spiro atoms. The van der Waals surface area contributed by atoms with Gasteiger partial charge in [0.2, 0.25) is 5.79 Å². The monoisotopic (exact) mass is 295 g/mol. The quantitative estimate of drug-likeness (QED) is 0.887. The highest BCUT2D eigenvalue weighted by molar-refractivity contribution is 6.30. The molecule has 2 unspecified atom stereocenters. The van der Waals surface area contributed by atoms with E-state index < -0.39 is 5.79 Å². The first-order chi connectivity index (χ1) is 9.72. The number of halogens is 1. The van der Waals surface area contributed by atoms with Crippen molar-refractivity contribution in [2.75, 3.05) is 13.2 Å². The SMILES string of the molecule is OCC1COC(Cc2nc[nH]n2)(c2ccc(Cl)cc2)O1. The van der Waals surface area contributed by atoms with Crippen LogP contribution in [0.15, 0.2) is 30.6 Å². The molecule has 0 saturated carbocycles. The molecule has 7 heteroatoms. The van der Waals surface area contributed by atoms with Crippen molar-refractivity contribution in [3.63, 3.8) is 0 Å². The van der Waals surface area contributed by atoms with Gasteiger partial charge >= 0.3 is 0 Å². The third kappa shape index (κ3) is 2.55. The highest BCUT2D eigenvalue weighted by atomic mass is 35.5. The fourth-order valence-electron chi connectivity index (χ4n) is 2.23. The second-order valence-corrected chi connectivity index (χ2v) is 5.02. The van der Waals surface area contributed by atoms with Gasteiger partial charge in [-0.3, -0.25) is 5.10 Å². The Morgan fingerprint density at radius 3 is 2.80 bits per heavy atom. The lowest BCUT2D eigenvalue weighted by atomic mass is 10.0. The molecule has 20 heavy (non-hydrogen) atoms. The van der Waals surface area contributed by atoms with Crippen molar-refractivity contribution < 1.29 is 14.6 Å². The van der Waals surface area contributed by atoms with Crippen LogP contribution in [0, 0.1) is 0 Å². The molecule has 1 aromatic carbocycles. The van der Waals surface area contributed by atoms with Crippen molar-refractivity contribution in [1.82, 2.24) is 15.2 Å². The van der Waals surface area contributed by atoms with Crippen molar-refractivity contribution in [2.24, 2.45) is 0 Å². The van der Waals surface area contributed by atoms with Gasteiger partial charge in [-0.25, -0.2) is 4.98 Å². The van der Waals surface area contributed by atoms with E-state index in [1.54, 1.807) is 12.1 Å². The van der Waals surface area contributed by atoms with Crippen LogP contribution in [0.4, 0.5) is 0 Å². The Hall–Kier alpha value is -1.47. The summed E-state index contributed by atoms with van der Waals surface area (Å²) >= 11 is 5.91. The van der Waals surface area contributed by atoms with Crippen LogP contribution in [-0.4, -0.2) is 39.6 Å². The third-order valence-electron chi connectivity index (χ3n) is 3.20. The molecule has 0 aliphatic carbocycles. The Balaban J connectivity index is 1.93. The van der Waals surface area contributed by atoms with Gasteiger partial charge in [0.15, 0.2) is 5.82 Å². The number of rotatable bonds is 4. The molecule has 2 heterocycles. The van der Waals surface area contributed by atoms with Crippen LogP contribution < -0.4 is 0 Å². The zero-order chi connectivity index (χ0) is 14.0. The molecule has 3 rings (SSSR count). The molecule has 1 fully saturated rings. The van der Waals surface area contributed by atoms with E-state index in [0.29, 0.717) is 23.9 Å². The van der Waals surface area contributed by atoms with Gasteiger partial charge in [0.1, 0.15) is 12.4 Å². The van der Waals surface area contributed by atoms with E-state index in [4.69, 9.17) is 21.1 Å². The highest BCUT2D eigenvalue weighted by Crippen LogP contribution is 2.37. The molecule has 1 saturated heterocycles. The lowest BCUT2D eigenvalue weighted by molar-refractivity contribution is -0.180. The molecule has 0 radical (unpaired) electrons. The molecule has 106 valence electrons. The number of hydrogen-bond donors (Lipinski definition) is 2. The van der Waals surface area contributed by atoms with E-state index in [2.05, 4.69) is 15.2 Å². The van der Waals surface area contributed by atoms with Gasteiger partial charge in [-0.2, -0.15) is 5.10 Å². The van der Waals surface area contributed by atoms with Crippen LogP contribution in [0.1, 0.15) is 11.4 Å². The van der Waals surface area contributed by atoms with Crippen LogP contribution in [0.25, 0.3) is 0 Å². The maximum absolute atomic E-state index is 9.25. The average molecular weight is 296 g/mol. The van der Waals surface area contributed by atoms with Crippen LogP contribution >= 0.6 is 11.6 Å². The summed E-state index contributed by atoms with van der Waals surface area (Å²) in [5.74, 6) is -0.404. The van der Waals surface area contributed by atoms with E-state index in [1.165, 1.54) is 6.33 Å². The smallest absolute Gasteiger partial charge is 0.202 e. The predicted octanol–water partition coefficient (Wildman–Crippen LogP) is 1.26. The number of aromatic nitrogens is 3. The number of nitrogens with one attached hydrogen (secondary N) is 1. The van der Waals surface area contributed by atoms with Crippen molar-refractivity contribution in [3.05, 3.63) is 47.0 Å². The fraction of sp³-hybridized carbons (Fsp3) is 0.385. The van der Waals surface area contributed by atoms with Gasteiger partial charge in [0.25, 0.3) is 0 Å². The summed E-state index contributed by atoms with van der Waals surface area (Å²) in [6.45, 7) is 0.229. The molecule has 0 bridgehead atoms. The first kappa shape index (κ1) is 13.5. The molecule has 6 nitrogen and oxygen atoms in total. The minimum atomic E-state index is -0.986. The molecule has 2 aromatic rings. The van der Waals surface area contributed by atoms with Crippen molar-refractivity contribution in [3.8, 4) is 0 Å². The Labute approximate surface area is 120 Å². The number of H-pyrrole nitrogens is 1. The molecule has 0 amide bonds. The summed E-state index contributed by atoms with van der Waals surface area (Å²) < 4.78 is 11.7. The third-order valence-corrected chi connectivity index (χ3v) is 3.45. The number of aliphatic hydroxyl groups is 1. The van der Waals surface area contributed by atoms with E-state index in [1.807, 2.05) is 12.1 Å². The van der Waals surface area contributed by atoms with Gasteiger partial charge in [-0.15, -0.1) is 0 Å². The second-order valence-electron chi connectivity index (χ2n) is 4.59. The maximum atomic E-state index is 9.25. The molecule has 1 aliphatic heterocycles. The number of aromatic amines is 1. The summed E-state index contributed by atoms with van der Waals surface area (Å²) in [6, 6.07) is 7.23. The first-order valence-corrected chi connectivity index (χ1v) is 6.63. The highest BCUT2D eigenvalue weighted by Gasteiger charge is 2.44. The number of aliphatic hydroxyl groups excluding tert-OH is 1. The van der Waals surface area contributed by atoms with Crippen molar-refractivity contribution in [2.45, 2.75) is 18.3 Å². The Kier molecular flexibility index (Phi) is 3.71. The zero-order valence-corrected chi connectivity index (χ0v) is 11.4. The Morgan fingerprint density at radius 2 is 2.20 bits per heavy atom. The van der Waals surface area contributed by atoms with Crippen molar-refractivity contribution in [1.29, 1.82) is 0 Å². The maximum Gasteiger partial charge on any atom is 0.202 e. The van der Waals surface area contributed by atoms with Crippen LogP contribution in [0.3, 0.4) is 0 Å². The van der Waals surface area contributed by atoms with Crippen molar-refractivity contribution >= 4 is 11.6 Å². The lowest BCUT2D eigenvalue weighted by Gasteiger charge is -2.27. The molecule has 2 N–H and O–H groups in total. The Morgan fingerprint density at radius 1 is 1.40 bits per heavy atom. The average Bonchev–Trinajstić information content (AvgIpc) is 3.10. The normalized spacial score (nSPS) is 26.0. The summed E-state index contributed by atoms with van der Waals surface area (Å²) in [6.07, 6.45) is 1.50. The van der Waals surface area contributed by atoms with E-state index in [9.17, 15) is 5.11 Å². The first-order valence-electron chi connectivity index (χ1n) is 6.25. The van der Waals surface area contributed by atoms with Gasteiger partial charge in [-0.05, 0) is 12.1 Å². The second kappa shape index (κ2) is 5.49. The van der Waals surface area contributed by atoms with E-state index >= 15 is 0 Å². The largest absolute Gasteiger partial charge is 0.394 e. The van der Waals surface area contributed by atoms with Gasteiger partial charge in [-0.1, -0.05) is 23.7 Å². The molecular formula is C13H14ClN3O3. The molecule has 1 aliphatic rings. The Bertz CT molecular complexity index is 561. The number of hydrogen-bond acceptors (Lipinski definition) is 5. The van der Waals surface area contributed by atoms with Crippen LogP contribution in [0.2, 0.25) is 5.02 Å².